The van der Waals surface area contributed by atoms with Crippen molar-refractivity contribution in [2.45, 2.75) is 26.4 Å². The van der Waals surface area contributed by atoms with Crippen LogP contribution in [-0.2, 0) is 5.66 Å². The minimum Gasteiger partial charge on any atom is -0.382 e. The molecule has 2 N–H and O–H groups in total. The number of fused-ring (bicyclic) bond motifs is 3. The fourth-order valence-corrected chi connectivity index (χ4v) is 4.21. The van der Waals surface area contributed by atoms with Gasteiger partial charge in [0.15, 0.2) is 5.66 Å². The van der Waals surface area contributed by atoms with E-state index in [1.165, 1.54) is 20.2 Å². The van der Waals surface area contributed by atoms with Crippen LogP contribution in [0.4, 0.5) is 0 Å². The Labute approximate surface area is 144 Å². The molecule has 3 aromatic rings. The van der Waals surface area contributed by atoms with Crippen LogP contribution in [0, 0.1) is 11.8 Å². The summed E-state index contributed by atoms with van der Waals surface area (Å²) < 4.78 is 2.53. The van der Waals surface area contributed by atoms with Gasteiger partial charge in [0, 0.05) is 31.3 Å². The molecule has 0 bridgehead atoms. The summed E-state index contributed by atoms with van der Waals surface area (Å²) >= 11 is 1.80. The minimum atomic E-state index is -0.628. The Morgan fingerprint density at radius 1 is 1.04 bits per heavy atom. The summed E-state index contributed by atoms with van der Waals surface area (Å²) in [5.41, 5.74) is 8.20. The molecule has 1 aliphatic rings. The summed E-state index contributed by atoms with van der Waals surface area (Å²) in [6.07, 6.45) is 0. The normalized spacial score (nSPS) is 20.0. The molecule has 0 saturated carbocycles. The highest BCUT2D eigenvalue weighted by molar-refractivity contribution is 7.25. The van der Waals surface area contributed by atoms with Crippen molar-refractivity contribution in [3.63, 3.8) is 0 Å². The van der Waals surface area contributed by atoms with Crippen LogP contribution in [0.1, 0.15) is 31.9 Å². The van der Waals surface area contributed by atoms with Gasteiger partial charge in [0.25, 0.3) is 0 Å². The fourth-order valence-electron chi connectivity index (χ4n) is 3.15. The number of hydrogen-bond donors (Lipinski definition) is 1. The Morgan fingerprint density at radius 2 is 1.75 bits per heavy atom. The van der Waals surface area contributed by atoms with Gasteiger partial charge in [0.1, 0.15) is 5.84 Å². The second kappa shape index (κ2) is 5.19. The van der Waals surface area contributed by atoms with Crippen molar-refractivity contribution in [3.05, 3.63) is 47.5 Å². The van der Waals surface area contributed by atoms with Crippen molar-refractivity contribution in [1.82, 2.24) is 0 Å². The van der Waals surface area contributed by atoms with Crippen LogP contribution in [0.5, 0.6) is 0 Å². The van der Waals surface area contributed by atoms with Crippen LogP contribution >= 0.6 is 11.3 Å². The number of nitrogens with zero attached hydrogens (tertiary/aromatic N) is 2. The zero-order valence-electron chi connectivity index (χ0n) is 13.8. The lowest BCUT2D eigenvalue weighted by Crippen LogP contribution is -2.18. The van der Waals surface area contributed by atoms with Crippen LogP contribution < -0.4 is 5.73 Å². The molecule has 1 aliphatic heterocycles. The zero-order valence-corrected chi connectivity index (χ0v) is 14.7. The molecule has 2 aromatic carbocycles. The third-order valence-corrected chi connectivity index (χ3v) is 5.53. The Balaban J connectivity index is 1.95. The number of thiophene rings is 1. The number of aliphatic imine (C=N–C) groups is 2. The van der Waals surface area contributed by atoms with Crippen molar-refractivity contribution in [2.24, 2.45) is 15.7 Å². The quantitative estimate of drug-likeness (QED) is 0.659. The minimum absolute atomic E-state index is 0.522. The van der Waals surface area contributed by atoms with Crippen LogP contribution in [0.25, 0.3) is 20.2 Å². The molecule has 0 aliphatic carbocycles. The smallest absolute Gasteiger partial charge is 0.175 e. The SMILES string of the molecule is CC#Cc1ccc2sc3ccc([C@]4(C)N=C(C)C(N)=N4)cc3c2c1. The van der Waals surface area contributed by atoms with Gasteiger partial charge in [-0.1, -0.05) is 12.0 Å². The van der Waals surface area contributed by atoms with Crippen molar-refractivity contribution >= 4 is 43.1 Å². The zero-order chi connectivity index (χ0) is 16.9. The van der Waals surface area contributed by atoms with Crippen LogP contribution in [0.2, 0.25) is 0 Å². The Hall–Kier alpha value is -2.64. The molecule has 2 heterocycles. The fraction of sp³-hybridized carbons (Fsp3) is 0.200. The average Bonchev–Trinajstić information content (AvgIpc) is 3.04. The molecule has 0 amide bonds. The molecule has 0 saturated heterocycles. The molecule has 3 nitrogen and oxygen atoms in total. The number of nitrogens with two attached hydrogens (primary N) is 1. The van der Waals surface area contributed by atoms with Crippen LogP contribution in [-0.4, -0.2) is 11.5 Å². The van der Waals surface area contributed by atoms with Gasteiger partial charge in [-0.15, -0.1) is 17.3 Å². The molecule has 24 heavy (non-hydrogen) atoms. The van der Waals surface area contributed by atoms with E-state index in [4.69, 9.17) is 5.73 Å². The number of hydrogen-bond acceptors (Lipinski definition) is 4. The van der Waals surface area contributed by atoms with Crippen molar-refractivity contribution < 1.29 is 0 Å². The van der Waals surface area contributed by atoms with E-state index in [9.17, 15) is 0 Å². The number of rotatable bonds is 1. The van der Waals surface area contributed by atoms with Crippen LogP contribution in [0.15, 0.2) is 46.4 Å². The van der Waals surface area contributed by atoms with Gasteiger partial charge in [0.2, 0.25) is 0 Å². The Morgan fingerprint density at radius 3 is 2.42 bits per heavy atom. The third-order valence-electron chi connectivity index (χ3n) is 4.38. The summed E-state index contributed by atoms with van der Waals surface area (Å²) in [6, 6.07) is 12.8. The predicted molar refractivity (Wildman–Crippen MR) is 104 cm³/mol. The van der Waals surface area contributed by atoms with Gasteiger partial charge in [-0.25, -0.2) is 4.99 Å². The lowest BCUT2D eigenvalue weighted by Gasteiger charge is -2.17. The standard InChI is InChI=1S/C20H17N3S/c1-4-5-13-6-8-17-15(10-13)16-11-14(7-9-18(16)24-17)20(3)22-12(2)19(21)23-20/h6-11H,1-3H3,(H2,21,23)/t20-/m1/s1. The van der Waals surface area contributed by atoms with Crippen molar-refractivity contribution in [3.8, 4) is 11.8 Å². The molecule has 1 atom stereocenters. The highest BCUT2D eigenvalue weighted by Crippen LogP contribution is 2.38. The van der Waals surface area contributed by atoms with Gasteiger partial charge >= 0.3 is 0 Å². The maximum Gasteiger partial charge on any atom is 0.175 e. The molecule has 0 fully saturated rings. The van der Waals surface area contributed by atoms with Gasteiger partial charge < -0.3 is 5.73 Å². The van der Waals surface area contributed by atoms with Crippen molar-refractivity contribution in [2.75, 3.05) is 0 Å². The highest BCUT2D eigenvalue weighted by atomic mass is 32.1. The third kappa shape index (κ3) is 2.21. The van der Waals surface area contributed by atoms with Gasteiger partial charge in [-0.3, -0.25) is 4.99 Å². The summed E-state index contributed by atoms with van der Waals surface area (Å²) in [5.74, 6) is 6.62. The summed E-state index contributed by atoms with van der Waals surface area (Å²) in [4.78, 5) is 9.22. The first-order chi connectivity index (χ1) is 11.5. The van der Waals surface area contributed by atoms with E-state index in [2.05, 4.69) is 58.2 Å². The first-order valence-electron chi connectivity index (χ1n) is 7.82. The lowest BCUT2D eigenvalue weighted by molar-refractivity contribution is 0.541. The van der Waals surface area contributed by atoms with Gasteiger partial charge in [-0.2, -0.15) is 0 Å². The number of amidine groups is 1. The maximum atomic E-state index is 5.93. The average molecular weight is 331 g/mol. The molecule has 1 aromatic heterocycles. The predicted octanol–water partition coefficient (Wildman–Crippen LogP) is 4.43. The van der Waals surface area contributed by atoms with Crippen LogP contribution in [0.3, 0.4) is 0 Å². The van der Waals surface area contributed by atoms with E-state index in [0.29, 0.717) is 5.84 Å². The molecular formula is C20H17N3S. The largest absolute Gasteiger partial charge is 0.382 e. The monoisotopic (exact) mass is 331 g/mol. The molecule has 4 heteroatoms. The van der Waals surface area contributed by atoms with Crippen molar-refractivity contribution in [1.29, 1.82) is 0 Å². The van der Waals surface area contributed by atoms with E-state index >= 15 is 0 Å². The molecular weight excluding hydrogens is 314 g/mol. The highest BCUT2D eigenvalue weighted by Gasteiger charge is 2.31. The van der Waals surface area contributed by atoms with E-state index in [1.54, 1.807) is 11.3 Å². The molecule has 0 radical (unpaired) electrons. The topological polar surface area (TPSA) is 50.7 Å². The Bertz CT molecular complexity index is 1090. The van der Waals surface area contributed by atoms with E-state index < -0.39 is 5.66 Å². The van der Waals surface area contributed by atoms with E-state index in [1.807, 2.05) is 20.8 Å². The Kier molecular flexibility index (Phi) is 3.22. The molecule has 118 valence electrons. The first-order valence-corrected chi connectivity index (χ1v) is 8.63. The van der Waals surface area contributed by atoms with E-state index in [0.717, 1.165) is 16.8 Å². The molecule has 4 rings (SSSR count). The van der Waals surface area contributed by atoms with Gasteiger partial charge in [0.05, 0.1) is 5.71 Å². The lowest BCUT2D eigenvalue weighted by atomic mass is 10.00. The summed E-state index contributed by atoms with van der Waals surface area (Å²) in [6.45, 7) is 5.76. The maximum absolute atomic E-state index is 5.93. The summed E-state index contributed by atoms with van der Waals surface area (Å²) in [5, 5.41) is 2.46. The second-order valence-corrected chi connectivity index (χ2v) is 7.20. The first kappa shape index (κ1) is 14.9. The number of benzene rings is 2. The molecule has 0 spiro atoms. The van der Waals surface area contributed by atoms with E-state index in [-0.39, 0.29) is 0 Å². The van der Waals surface area contributed by atoms with Gasteiger partial charge in [-0.05, 0) is 51.1 Å². The molecule has 0 unspecified atom stereocenters. The second-order valence-electron chi connectivity index (χ2n) is 6.11. The summed E-state index contributed by atoms with van der Waals surface area (Å²) in [7, 11) is 0.